The highest BCUT2D eigenvalue weighted by Crippen LogP contribution is 2.52. The van der Waals surface area contributed by atoms with E-state index in [0.29, 0.717) is 5.92 Å². The van der Waals surface area contributed by atoms with E-state index in [2.05, 4.69) is 63.4 Å². The van der Waals surface area contributed by atoms with Gasteiger partial charge in [0.25, 0.3) is 0 Å². The minimum atomic E-state index is 0.263. The molecule has 2 aromatic carbocycles. The fourth-order valence-corrected chi connectivity index (χ4v) is 5.49. The highest BCUT2D eigenvalue weighted by atomic mass is 16.5. The summed E-state index contributed by atoms with van der Waals surface area (Å²) in [6.45, 7) is 5.94. The predicted molar refractivity (Wildman–Crippen MR) is 114 cm³/mol. The van der Waals surface area contributed by atoms with Crippen molar-refractivity contribution >= 4 is 10.9 Å². The molecule has 1 aliphatic carbocycles. The van der Waals surface area contributed by atoms with Gasteiger partial charge in [0.1, 0.15) is 0 Å². The van der Waals surface area contributed by atoms with Crippen LogP contribution in [0.15, 0.2) is 42.6 Å². The molecule has 0 radical (unpaired) electrons. The molecule has 1 aromatic heterocycles. The first-order chi connectivity index (χ1) is 14.2. The zero-order valence-electron chi connectivity index (χ0n) is 17.0. The van der Waals surface area contributed by atoms with Crippen LogP contribution in [0.2, 0.25) is 0 Å². The first-order valence-corrected chi connectivity index (χ1v) is 10.8. The number of rotatable bonds is 3. The Morgan fingerprint density at radius 3 is 2.79 bits per heavy atom. The Hall–Kier alpha value is -2.21. The molecule has 2 fully saturated rings. The van der Waals surface area contributed by atoms with E-state index in [1.165, 1.54) is 40.5 Å². The molecule has 0 spiro atoms. The average Bonchev–Trinajstić information content (AvgIpc) is 3.44. The molecular weight excluding hydrogens is 360 g/mol. The molecule has 6 rings (SSSR count). The van der Waals surface area contributed by atoms with E-state index in [4.69, 9.17) is 4.74 Å². The SMILES string of the molecule is CN1Cc2cc(C3(N4CCOCC4)CC3)ccc2C(c2ccc3cn[nH]c3c2)C1. The summed E-state index contributed by atoms with van der Waals surface area (Å²) < 4.78 is 5.60. The Morgan fingerprint density at radius 1 is 1.10 bits per heavy atom. The van der Waals surface area contributed by atoms with Crippen LogP contribution >= 0.6 is 0 Å². The number of hydrogen-bond donors (Lipinski definition) is 1. The van der Waals surface area contributed by atoms with E-state index < -0.39 is 0 Å². The molecule has 5 heteroatoms. The van der Waals surface area contributed by atoms with Gasteiger partial charge in [-0.3, -0.25) is 10.00 Å². The molecule has 3 aliphatic rings. The monoisotopic (exact) mass is 388 g/mol. The van der Waals surface area contributed by atoms with Gasteiger partial charge in [-0.25, -0.2) is 0 Å². The summed E-state index contributed by atoms with van der Waals surface area (Å²) >= 11 is 0. The molecule has 150 valence electrons. The second-order valence-corrected chi connectivity index (χ2v) is 9.01. The molecule has 1 atom stereocenters. The van der Waals surface area contributed by atoms with Crippen molar-refractivity contribution in [3.63, 3.8) is 0 Å². The Kier molecular flexibility index (Phi) is 4.05. The topological polar surface area (TPSA) is 44.4 Å². The molecule has 1 N–H and O–H groups in total. The van der Waals surface area contributed by atoms with Gasteiger partial charge in [-0.05, 0) is 48.2 Å². The Bertz CT molecular complexity index is 1050. The number of ether oxygens (including phenoxy) is 1. The number of likely N-dealkylation sites (N-methyl/N-ethyl adjacent to an activating group) is 1. The Balaban J connectivity index is 1.37. The summed E-state index contributed by atoms with van der Waals surface area (Å²) in [6.07, 6.45) is 4.45. The number of aromatic amines is 1. The summed E-state index contributed by atoms with van der Waals surface area (Å²) in [6, 6.07) is 14.1. The van der Waals surface area contributed by atoms with Crippen molar-refractivity contribution in [2.45, 2.75) is 30.8 Å². The minimum Gasteiger partial charge on any atom is -0.379 e. The van der Waals surface area contributed by atoms with Crippen LogP contribution in [0.1, 0.15) is 41.0 Å². The maximum absolute atomic E-state index is 5.60. The zero-order chi connectivity index (χ0) is 19.4. The van der Waals surface area contributed by atoms with Gasteiger partial charge in [-0.2, -0.15) is 5.10 Å². The number of nitrogens with one attached hydrogen (secondary N) is 1. The number of morpholine rings is 1. The molecule has 0 bridgehead atoms. The minimum absolute atomic E-state index is 0.263. The lowest BCUT2D eigenvalue weighted by Crippen LogP contribution is -2.43. The van der Waals surface area contributed by atoms with Crippen LogP contribution < -0.4 is 0 Å². The van der Waals surface area contributed by atoms with Gasteiger partial charge in [-0.15, -0.1) is 0 Å². The first kappa shape index (κ1) is 17.6. The molecule has 0 amide bonds. The number of nitrogens with zero attached hydrogens (tertiary/aromatic N) is 3. The van der Waals surface area contributed by atoms with Gasteiger partial charge in [0.05, 0.1) is 24.9 Å². The van der Waals surface area contributed by atoms with E-state index in [-0.39, 0.29) is 5.54 Å². The molecule has 3 aromatic rings. The third-order valence-electron chi connectivity index (χ3n) is 7.20. The summed E-state index contributed by atoms with van der Waals surface area (Å²) in [7, 11) is 2.24. The summed E-state index contributed by atoms with van der Waals surface area (Å²) in [4.78, 5) is 5.12. The normalized spacial score (nSPS) is 24.5. The van der Waals surface area contributed by atoms with Crippen molar-refractivity contribution in [2.24, 2.45) is 0 Å². The van der Waals surface area contributed by atoms with Crippen molar-refractivity contribution < 1.29 is 4.74 Å². The second-order valence-electron chi connectivity index (χ2n) is 9.01. The lowest BCUT2D eigenvalue weighted by molar-refractivity contribution is 0.00831. The average molecular weight is 389 g/mol. The quantitative estimate of drug-likeness (QED) is 0.746. The molecule has 1 saturated heterocycles. The van der Waals surface area contributed by atoms with Gasteiger partial charge in [0.2, 0.25) is 0 Å². The lowest BCUT2D eigenvalue weighted by Gasteiger charge is -2.37. The first-order valence-electron chi connectivity index (χ1n) is 10.8. The lowest BCUT2D eigenvalue weighted by atomic mass is 9.83. The van der Waals surface area contributed by atoms with Crippen molar-refractivity contribution in [3.05, 3.63) is 64.8 Å². The van der Waals surface area contributed by atoms with Gasteiger partial charge in [-0.1, -0.05) is 30.3 Å². The molecule has 1 saturated carbocycles. The third kappa shape index (κ3) is 2.91. The van der Waals surface area contributed by atoms with Crippen LogP contribution in [-0.4, -0.2) is 59.9 Å². The van der Waals surface area contributed by atoms with Crippen molar-refractivity contribution in [1.29, 1.82) is 0 Å². The van der Waals surface area contributed by atoms with Crippen LogP contribution in [0.3, 0.4) is 0 Å². The van der Waals surface area contributed by atoms with Crippen LogP contribution in [0.4, 0.5) is 0 Å². The molecule has 3 heterocycles. The Morgan fingerprint density at radius 2 is 1.97 bits per heavy atom. The van der Waals surface area contributed by atoms with Crippen LogP contribution in [-0.2, 0) is 16.8 Å². The van der Waals surface area contributed by atoms with Crippen molar-refractivity contribution in [3.8, 4) is 0 Å². The van der Waals surface area contributed by atoms with Crippen LogP contribution in [0, 0.1) is 0 Å². The van der Waals surface area contributed by atoms with Crippen molar-refractivity contribution in [2.75, 3.05) is 39.9 Å². The number of H-pyrrole nitrogens is 1. The molecular formula is C24H28N4O. The number of benzene rings is 2. The van der Waals surface area contributed by atoms with Crippen LogP contribution in [0.25, 0.3) is 10.9 Å². The maximum Gasteiger partial charge on any atom is 0.0653 e. The third-order valence-corrected chi connectivity index (χ3v) is 7.20. The van der Waals surface area contributed by atoms with Gasteiger partial charge >= 0.3 is 0 Å². The second kappa shape index (κ2) is 6.66. The standard InChI is InChI=1S/C24H28N4O/c1-27-15-19-12-20(24(6-7-24)28-8-10-29-11-9-28)4-5-21(19)22(16-27)17-2-3-18-14-25-26-23(18)13-17/h2-5,12-14,22H,6-11,15-16H2,1H3,(H,25,26). The zero-order valence-corrected chi connectivity index (χ0v) is 17.0. The smallest absolute Gasteiger partial charge is 0.0653 e. The van der Waals surface area contributed by atoms with Crippen LogP contribution in [0.5, 0.6) is 0 Å². The number of hydrogen-bond acceptors (Lipinski definition) is 4. The fourth-order valence-electron chi connectivity index (χ4n) is 5.49. The summed E-state index contributed by atoms with van der Waals surface area (Å²) in [5.74, 6) is 0.407. The molecule has 5 nitrogen and oxygen atoms in total. The maximum atomic E-state index is 5.60. The largest absolute Gasteiger partial charge is 0.379 e. The van der Waals surface area contributed by atoms with E-state index in [1.54, 1.807) is 0 Å². The fraction of sp³-hybridized carbons (Fsp3) is 0.458. The molecule has 29 heavy (non-hydrogen) atoms. The van der Waals surface area contributed by atoms with Gasteiger partial charge in [0.15, 0.2) is 0 Å². The van der Waals surface area contributed by atoms with Gasteiger partial charge in [0, 0.05) is 43.0 Å². The van der Waals surface area contributed by atoms with Gasteiger partial charge < -0.3 is 9.64 Å². The van der Waals surface area contributed by atoms with E-state index in [0.717, 1.165) is 44.9 Å². The Labute approximate surface area is 171 Å². The highest BCUT2D eigenvalue weighted by Gasteiger charge is 2.49. The highest BCUT2D eigenvalue weighted by molar-refractivity contribution is 5.78. The number of aromatic nitrogens is 2. The summed E-state index contributed by atoms with van der Waals surface area (Å²) in [5.41, 5.74) is 7.25. The predicted octanol–water partition coefficient (Wildman–Crippen LogP) is 3.46. The van der Waals surface area contributed by atoms with Crippen molar-refractivity contribution in [1.82, 2.24) is 20.0 Å². The van der Waals surface area contributed by atoms with E-state index in [9.17, 15) is 0 Å². The molecule has 2 aliphatic heterocycles. The molecule has 1 unspecified atom stereocenters. The van der Waals surface area contributed by atoms with E-state index in [1.807, 2.05) is 6.20 Å². The summed E-state index contributed by atoms with van der Waals surface area (Å²) in [5, 5.41) is 8.49. The number of fused-ring (bicyclic) bond motifs is 2. The van der Waals surface area contributed by atoms with E-state index >= 15 is 0 Å².